The van der Waals surface area contributed by atoms with Crippen LogP contribution in [0.2, 0.25) is 0 Å². The molecular formula is C11H16. The van der Waals surface area contributed by atoms with Crippen LogP contribution in [0.15, 0.2) is 12.2 Å². The van der Waals surface area contributed by atoms with Crippen LogP contribution in [0, 0.1) is 17.3 Å². The minimum absolute atomic E-state index is 0.736. The van der Waals surface area contributed by atoms with E-state index in [0.717, 1.165) is 17.3 Å². The zero-order chi connectivity index (χ0) is 7.31. The lowest BCUT2D eigenvalue weighted by atomic mass is 9.77. The molecule has 0 nitrogen and oxygen atoms in total. The molecule has 0 amide bonds. The van der Waals surface area contributed by atoms with Crippen molar-refractivity contribution in [1.82, 2.24) is 0 Å². The maximum Gasteiger partial charge on any atom is -0.00588 e. The zero-order valence-electron chi connectivity index (χ0n) is 7.05. The minimum Gasteiger partial charge on any atom is -0.0879 e. The van der Waals surface area contributed by atoms with Crippen molar-refractivity contribution in [2.75, 3.05) is 0 Å². The van der Waals surface area contributed by atoms with E-state index in [1.165, 1.54) is 38.5 Å². The van der Waals surface area contributed by atoms with Crippen molar-refractivity contribution in [3.63, 3.8) is 0 Å². The fourth-order valence-corrected chi connectivity index (χ4v) is 2.97. The molecule has 0 aromatic rings. The summed E-state index contributed by atoms with van der Waals surface area (Å²) >= 11 is 0. The summed E-state index contributed by atoms with van der Waals surface area (Å²) in [7, 11) is 0. The van der Waals surface area contributed by atoms with Crippen LogP contribution >= 0.6 is 0 Å². The molecule has 0 N–H and O–H groups in total. The van der Waals surface area contributed by atoms with Crippen molar-refractivity contribution in [2.45, 2.75) is 38.5 Å². The van der Waals surface area contributed by atoms with E-state index < -0.39 is 0 Å². The van der Waals surface area contributed by atoms with Crippen LogP contribution in [0.5, 0.6) is 0 Å². The van der Waals surface area contributed by atoms with Gasteiger partial charge >= 0.3 is 0 Å². The highest BCUT2D eigenvalue weighted by atomic mass is 14.6. The van der Waals surface area contributed by atoms with Crippen molar-refractivity contribution >= 4 is 0 Å². The van der Waals surface area contributed by atoms with Crippen LogP contribution in [-0.2, 0) is 0 Å². The molecular weight excluding hydrogens is 132 g/mol. The van der Waals surface area contributed by atoms with Crippen molar-refractivity contribution in [3.8, 4) is 0 Å². The third kappa shape index (κ3) is 0.816. The number of hydrogen-bond donors (Lipinski definition) is 0. The molecule has 60 valence electrons. The van der Waals surface area contributed by atoms with E-state index in [-0.39, 0.29) is 0 Å². The Bertz CT molecular complexity index is 182. The summed E-state index contributed by atoms with van der Waals surface area (Å²) in [6.45, 7) is 0. The van der Waals surface area contributed by atoms with Gasteiger partial charge < -0.3 is 0 Å². The topological polar surface area (TPSA) is 0 Å². The first-order valence-electron chi connectivity index (χ1n) is 5.09. The molecule has 3 aliphatic rings. The summed E-state index contributed by atoms with van der Waals surface area (Å²) in [5.41, 5.74) is 0.736. The average molecular weight is 148 g/mol. The summed E-state index contributed by atoms with van der Waals surface area (Å²) in [6.07, 6.45) is 14.0. The van der Waals surface area contributed by atoms with E-state index in [1.54, 1.807) is 0 Å². The van der Waals surface area contributed by atoms with Gasteiger partial charge in [-0.25, -0.2) is 0 Å². The first kappa shape index (κ1) is 6.28. The van der Waals surface area contributed by atoms with Crippen molar-refractivity contribution in [3.05, 3.63) is 12.2 Å². The van der Waals surface area contributed by atoms with Crippen molar-refractivity contribution in [1.29, 1.82) is 0 Å². The highest BCUT2D eigenvalue weighted by molar-refractivity contribution is 5.17. The van der Waals surface area contributed by atoms with Crippen LogP contribution in [0.3, 0.4) is 0 Å². The van der Waals surface area contributed by atoms with E-state index >= 15 is 0 Å². The molecule has 2 saturated carbocycles. The first-order valence-corrected chi connectivity index (χ1v) is 5.09. The number of allylic oxidation sites excluding steroid dienone is 2. The van der Waals surface area contributed by atoms with Gasteiger partial charge in [0.1, 0.15) is 0 Å². The van der Waals surface area contributed by atoms with Gasteiger partial charge in [0.05, 0.1) is 0 Å². The Morgan fingerprint density at radius 3 is 2.00 bits per heavy atom. The van der Waals surface area contributed by atoms with Gasteiger partial charge in [0.15, 0.2) is 0 Å². The normalized spacial score (nSPS) is 34.5. The quantitative estimate of drug-likeness (QED) is 0.528. The molecule has 0 heteroatoms. The Labute approximate surface area is 68.7 Å². The molecule has 3 rings (SSSR count). The van der Waals surface area contributed by atoms with Gasteiger partial charge in [-0.05, 0) is 55.8 Å². The molecule has 11 heavy (non-hydrogen) atoms. The second-order valence-electron chi connectivity index (χ2n) is 4.60. The summed E-state index contributed by atoms with van der Waals surface area (Å²) in [6, 6.07) is 0. The lowest BCUT2D eigenvalue weighted by Gasteiger charge is -2.27. The van der Waals surface area contributed by atoms with Gasteiger partial charge in [-0.3, -0.25) is 0 Å². The predicted octanol–water partition coefficient (Wildman–Crippen LogP) is 3.14. The van der Waals surface area contributed by atoms with Crippen molar-refractivity contribution in [2.24, 2.45) is 17.3 Å². The van der Waals surface area contributed by atoms with Gasteiger partial charge in [-0.1, -0.05) is 12.2 Å². The fourth-order valence-electron chi connectivity index (χ4n) is 2.97. The van der Waals surface area contributed by atoms with Crippen molar-refractivity contribution < 1.29 is 0 Å². The Balaban J connectivity index is 1.89. The van der Waals surface area contributed by atoms with Gasteiger partial charge in [-0.15, -0.1) is 0 Å². The SMILES string of the molecule is C1=CC(C2CC2)(C2CC2)CC1. The third-order valence-electron chi connectivity index (χ3n) is 3.85. The summed E-state index contributed by atoms with van der Waals surface area (Å²) in [5.74, 6) is 2.21. The molecule has 0 atom stereocenters. The maximum atomic E-state index is 2.57. The highest BCUT2D eigenvalue weighted by Gasteiger charge is 2.52. The highest BCUT2D eigenvalue weighted by Crippen LogP contribution is 2.62. The van der Waals surface area contributed by atoms with Crippen LogP contribution in [-0.4, -0.2) is 0 Å². The zero-order valence-corrected chi connectivity index (χ0v) is 7.05. The molecule has 0 aromatic carbocycles. The van der Waals surface area contributed by atoms with Gasteiger partial charge in [0, 0.05) is 0 Å². The fraction of sp³-hybridized carbons (Fsp3) is 0.818. The molecule has 0 unspecified atom stereocenters. The Morgan fingerprint density at radius 1 is 1.00 bits per heavy atom. The van der Waals surface area contributed by atoms with Gasteiger partial charge in [0.25, 0.3) is 0 Å². The number of hydrogen-bond acceptors (Lipinski definition) is 0. The lowest BCUT2D eigenvalue weighted by molar-refractivity contribution is 0.271. The Hall–Kier alpha value is -0.260. The molecule has 0 spiro atoms. The maximum absolute atomic E-state index is 2.57. The Kier molecular flexibility index (Phi) is 1.09. The lowest BCUT2D eigenvalue weighted by Crippen LogP contribution is -2.20. The van der Waals surface area contributed by atoms with E-state index in [0.29, 0.717) is 0 Å². The second-order valence-corrected chi connectivity index (χ2v) is 4.60. The number of rotatable bonds is 2. The second kappa shape index (κ2) is 1.91. The molecule has 2 fully saturated rings. The monoisotopic (exact) mass is 148 g/mol. The molecule has 0 radical (unpaired) electrons. The van der Waals surface area contributed by atoms with Crippen LogP contribution < -0.4 is 0 Å². The molecule has 0 saturated heterocycles. The molecule has 0 aliphatic heterocycles. The molecule has 0 bridgehead atoms. The standard InChI is InChI=1S/C11H16/c1-2-8-11(7-1,9-3-4-9)10-5-6-10/h1,7,9-10H,2-6,8H2. The van der Waals surface area contributed by atoms with E-state index in [1.807, 2.05) is 0 Å². The average Bonchev–Trinajstić information content (AvgIpc) is 2.90. The third-order valence-corrected chi connectivity index (χ3v) is 3.85. The van der Waals surface area contributed by atoms with E-state index in [4.69, 9.17) is 0 Å². The molecule has 0 aromatic heterocycles. The summed E-state index contributed by atoms with van der Waals surface area (Å²) < 4.78 is 0. The smallest absolute Gasteiger partial charge is 0.00588 e. The first-order chi connectivity index (χ1) is 5.42. The minimum atomic E-state index is 0.736. The molecule has 0 heterocycles. The molecule has 3 aliphatic carbocycles. The van der Waals surface area contributed by atoms with Crippen LogP contribution in [0.25, 0.3) is 0 Å². The van der Waals surface area contributed by atoms with E-state index in [9.17, 15) is 0 Å². The van der Waals surface area contributed by atoms with Crippen LogP contribution in [0.4, 0.5) is 0 Å². The van der Waals surface area contributed by atoms with Crippen LogP contribution in [0.1, 0.15) is 38.5 Å². The largest absolute Gasteiger partial charge is 0.0879 e. The Morgan fingerprint density at radius 2 is 1.64 bits per heavy atom. The van der Waals surface area contributed by atoms with E-state index in [2.05, 4.69) is 12.2 Å². The summed E-state index contributed by atoms with van der Waals surface area (Å²) in [4.78, 5) is 0. The summed E-state index contributed by atoms with van der Waals surface area (Å²) in [5, 5.41) is 0. The van der Waals surface area contributed by atoms with Gasteiger partial charge in [0.2, 0.25) is 0 Å². The van der Waals surface area contributed by atoms with Gasteiger partial charge in [-0.2, -0.15) is 0 Å². The predicted molar refractivity (Wildman–Crippen MR) is 46.3 cm³/mol.